The molecule has 1 aliphatic rings. The van der Waals surface area contributed by atoms with Crippen LogP contribution in [0.3, 0.4) is 0 Å². The Labute approximate surface area is 98.8 Å². The smallest absolute Gasteiger partial charge is 0.328 e. The van der Waals surface area contributed by atoms with Crippen molar-refractivity contribution in [2.24, 2.45) is 0 Å². The van der Waals surface area contributed by atoms with Gasteiger partial charge in [0.25, 0.3) is 0 Å². The Bertz CT molecular complexity index is 495. The van der Waals surface area contributed by atoms with Crippen LogP contribution in [-0.4, -0.2) is 22.5 Å². The summed E-state index contributed by atoms with van der Waals surface area (Å²) in [6.45, 7) is 3.18. The van der Waals surface area contributed by atoms with E-state index in [0.717, 1.165) is 11.3 Å². The average molecular weight is 234 g/mol. The van der Waals surface area contributed by atoms with Crippen LogP contribution in [0, 0.1) is 0 Å². The first kappa shape index (κ1) is 11.4. The van der Waals surface area contributed by atoms with E-state index >= 15 is 0 Å². The van der Waals surface area contributed by atoms with Crippen molar-refractivity contribution in [3.05, 3.63) is 23.8 Å². The molecule has 1 heterocycles. The Morgan fingerprint density at radius 2 is 2.18 bits per heavy atom. The van der Waals surface area contributed by atoms with Crippen molar-refractivity contribution in [1.82, 2.24) is 0 Å². The van der Waals surface area contributed by atoms with Crippen LogP contribution in [0.1, 0.15) is 19.4 Å². The molecule has 5 nitrogen and oxygen atoms in total. The number of fused-ring (bicyclic) bond motifs is 1. The van der Waals surface area contributed by atoms with Crippen LogP contribution in [0.4, 0.5) is 11.4 Å². The van der Waals surface area contributed by atoms with Gasteiger partial charge in [-0.3, -0.25) is 4.79 Å². The quantitative estimate of drug-likeness (QED) is 0.739. The molecule has 0 saturated carbocycles. The molecule has 0 atom stereocenters. The van der Waals surface area contributed by atoms with Gasteiger partial charge in [-0.05, 0) is 37.6 Å². The number of nitrogens with one attached hydrogen (secondary N) is 2. The molecular formula is C12H14N2O3. The molecule has 17 heavy (non-hydrogen) atoms. The molecule has 0 radical (unpaired) electrons. The van der Waals surface area contributed by atoms with E-state index in [-0.39, 0.29) is 5.91 Å². The second-order valence-electron chi connectivity index (χ2n) is 4.65. The highest BCUT2D eigenvalue weighted by Crippen LogP contribution is 2.27. The first-order valence-corrected chi connectivity index (χ1v) is 5.33. The number of carbonyl (C=O) groups excluding carboxylic acids is 1. The summed E-state index contributed by atoms with van der Waals surface area (Å²) in [6.07, 6.45) is 0.346. The molecule has 1 aromatic carbocycles. The number of carboxylic acids is 1. The third-order valence-corrected chi connectivity index (χ3v) is 2.72. The van der Waals surface area contributed by atoms with Crippen molar-refractivity contribution in [1.29, 1.82) is 0 Å². The number of hydrogen-bond donors (Lipinski definition) is 3. The standard InChI is InChI=1S/C12H14N2O3/c1-12(2,11(16)17)14-8-3-4-9-7(5-8)6-10(15)13-9/h3-5,14H,6H2,1-2H3,(H,13,15)(H,16,17). The summed E-state index contributed by atoms with van der Waals surface area (Å²) in [5.41, 5.74) is 1.35. The van der Waals surface area contributed by atoms with Gasteiger partial charge in [-0.2, -0.15) is 0 Å². The van der Waals surface area contributed by atoms with Crippen LogP contribution >= 0.6 is 0 Å². The van der Waals surface area contributed by atoms with Gasteiger partial charge in [-0.1, -0.05) is 0 Å². The van der Waals surface area contributed by atoms with E-state index in [2.05, 4.69) is 10.6 Å². The maximum absolute atomic E-state index is 11.2. The highest BCUT2D eigenvalue weighted by atomic mass is 16.4. The van der Waals surface area contributed by atoms with Crippen LogP contribution < -0.4 is 10.6 Å². The van der Waals surface area contributed by atoms with E-state index in [1.165, 1.54) is 0 Å². The summed E-state index contributed by atoms with van der Waals surface area (Å²) in [7, 11) is 0. The van der Waals surface area contributed by atoms with E-state index < -0.39 is 11.5 Å². The topological polar surface area (TPSA) is 78.4 Å². The number of rotatable bonds is 3. The third kappa shape index (κ3) is 2.22. The number of carboxylic acid groups (broad SMARTS) is 1. The van der Waals surface area contributed by atoms with Crippen molar-refractivity contribution in [3.63, 3.8) is 0 Å². The first-order chi connectivity index (χ1) is 7.88. The van der Waals surface area contributed by atoms with Crippen molar-refractivity contribution >= 4 is 23.3 Å². The molecule has 0 aliphatic carbocycles. The normalized spacial score (nSPS) is 14.1. The van der Waals surface area contributed by atoms with E-state index in [0.29, 0.717) is 12.1 Å². The van der Waals surface area contributed by atoms with Crippen molar-refractivity contribution in [2.45, 2.75) is 25.8 Å². The van der Waals surface area contributed by atoms with Gasteiger partial charge < -0.3 is 15.7 Å². The van der Waals surface area contributed by atoms with E-state index in [9.17, 15) is 9.59 Å². The SMILES string of the molecule is CC(C)(Nc1ccc2c(c1)CC(=O)N2)C(=O)O. The van der Waals surface area contributed by atoms with Gasteiger partial charge in [-0.15, -0.1) is 0 Å². The zero-order valence-corrected chi connectivity index (χ0v) is 9.70. The molecule has 1 amide bonds. The van der Waals surface area contributed by atoms with Gasteiger partial charge in [0.1, 0.15) is 5.54 Å². The second-order valence-corrected chi connectivity index (χ2v) is 4.65. The fourth-order valence-electron chi connectivity index (χ4n) is 1.72. The molecule has 3 N–H and O–H groups in total. The van der Waals surface area contributed by atoms with Crippen LogP contribution in [0.2, 0.25) is 0 Å². The fourth-order valence-corrected chi connectivity index (χ4v) is 1.72. The molecule has 1 aromatic rings. The summed E-state index contributed by atoms with van der Waals surface area (Å²) in [5.74, 6) is -0.957. The highest BCUT2D eigenvalue weighted by Gasteiger charge is 2.27. The van der Waals surface area contributed by atoms with Gasteiger partial charge in [0.15, 0.2) is 0 Å². The number of benzene rings is 1. The minimum atomic E-state index is -1.04. The molecule has 0 saturated heterocycles. The number of anilines is 2. The van der Waals surface area contributed by atoms with Gasteiger partial charge in [0, 0.05) is 11.4 Å². The second kappa shape index (κ2) is 3.76. The molecule has 90 valence electrons. The minimum absolute atomic E-state index is 0.0327. The molecular weight excluding hydrogens is 220 g/mol. The molecule has 0 fully saturated rings. The van der Waals surface area contributed by atoms with Crippen molar-refractivity contribution in [2.75, 3.05) is 10.6 Å². The van der Waals surface area contributed by atoms with E-state index in [1.54, 1.807) is 32.0 Å². The summed E-state index contributed by atoms with van der Waals surface area (Å²) < 4.78 is 0. The van der Waals surface area contributed by atoms with Crippen molar-refractivity contribution < 1.29 is 14.7 Å². The predicted molar refractivity (Wildman–Crippen MR) is 64.1 cm³/mol. The molecule has 0 unspecified atom stereocenters. The first-order valence-electron chi connectivity index (χ1n) is 5.33. The monoisotopic (exact) mass is 234 g/mol. The Kier molecular flexibility index (Phi) is 2.53. The fraction of sp³-hybridized carbons (Fsp3) is 0.333. The van der Waals surface area contributed by atoms with Gasteiger partial charge in [0.05, 0.1) is 6.42 Å². The lowest BCUT2D eigenvalue weighted by Crippen LogP contribution is -2.39. The lowest BCUT2D eigenvalue weighted by Gasteiger charge is -2.22. The summed E-state index contributed by atoms with van der Waals surface area (Å²) in [5, 5.41) is 14.7. The van der Waals surface area contributed by atoms with E-state index in [1.807, 2.05) is 0 Å². The number of carbonyl (C=O) groups is 2. The lowest BCUT2D eigenvalue weighted by molar-refractivity contribution is -0.141. The van der Waals surface area contributed by atoms with Crippen LogP contribution in [-0.2, 0) is 16.0 Å². The molecule has 0 aromatic heterocycles. The maximum Gasteiger partial charge on any atom is 0.328 e. The summed E-state index contributed by atoms with van der Waals surface area (Å²) in [4.78, 5) is 22.2. The summed E-state index contributed by atoms with van der Waals surface area (Å²) >= 11 is 0. The molecule has 1 aliphatic heterocycles. The van der Waals surface area contributed by atoms with E-state index in [4.69, 9.17) is 5.11 Å². The van der Waals surface area contributed by atoms with Gasteiger partial charge in [-0.25, -0.2) is 4.79 Å². The zero-order chi connectivity index (χ0) is 12.6. The lowest BCUT2D eigenvalue weighted by atomic mass is 10.0. The highest BCUT2D eigenvalue weighted by molar-refractivity contribution is 5.99. The molecule has 2 rings (SSSR count). The maximum atomic E-state index is 11.2. The largest absolute Gasteiger partial charge is 0.480 e. The molecule has 0 spiro atoms. The van der Waals surface area contributed by atoms with Crippen molar-refractivity contribution in [3.8, 4) is 0 Å². The van der Waals surface area contributed by atoms with Gasteiger partial charge >= 0.3 is 5.97 Å². The summed E-state index contributed by atoms with van der Waals surface area (Å²) in [6, 6.07) is 5.34. The number of aliphatic carboxylic acids is 1. The Hall–Kier alpha value is -2.04. The molecule has 5 heteroatoms. The third-order valence-electron chi connectivity index (χ3n) is 2.72. The number of hydrogen-bond acceptors (Lipinski definition) is 3. The molecule has 0 bridgehead atoms. The van der Waals surface area contributed by atoms with Crippen LogP contribution in [0.25, 0.3) is 0 Å². The average Bonchev–Trinajstić information content (AvgIpc) is 2.56. The Balaban J connectivity index is 2.22. The Morgan fingerprint density at radius 3 is 2.82 bits per heavy atom. The minimum Gasteiger partial charge on any atom is -0.480 e. The Morgan fingerprint density at radius 1 is 1.47 bits per heavy atom. The predicted octanol–water partition coefficient (Wildman–Crippen LogP) is 1.46. The zero-order valence-electron chi connectivity index (χ0n) is 9.70. The van der Waals surface area contributed by atoms with Gasteiger partial charge in [0.2, 0.25) is 5.91 Å². The van der Waals surface area contributed by atoms with Crippen LogP contribution in [0.5, 0.6) is 0 Å². The number of amides is 1. The van der Waals surface area contributed by atoms with Crippen LogP contribution in [0.15, 0.2) is 18.2 Å².